The van der Waals surface area contributed by atoms with Crippen LogP contribution >= 0.6 is 0 Å². The van der Waals surface area contributed by atoms with Crippen LogP contribution in [0.15, 0.2) is 55.1 Å². The van der Waals surface area contributed by atoms with Gasteiger partial charge in [0.25, 0.3) is 0 Å². The number of piperidine rings is 1. The predicted octanol–water partition coefficient (Wildman–Crippen LogP) is 3.11. The molecule has 3 heteroatoms. The zero-order valence-corrected chi connectivity index (χ0v) is 12.1. The molecule has 1 heterocycles. The highest BCUT2D eigenvalue weighted by atomic mass is 16.1. The normalized spacial score (nSPS) is 15.9. The molecule has 0 unspecified atom stereocenters. The van der Waals surface area contributed by atoms with Gasteiger partial charge in [0, 0.05) is 30.2 Å². The zero-order valence-electron chi connectivity index (χ0n) is 12.1. The summed E-state index contributed by atoms with van der Waals surface area (Å²) in [6.07, 6.45) is 3.29. The van der Waals surface area contributed by atoms with Crippen LogP contribution in [0.3, 0.4) is 0 Å². The van der Waals surface area contributed by atoms with Crippen LogP contribution in [-0.4, -0.2) is 25.0 Å². The number of hydrogen-bond donors (Lipinski definition) is 1. The van der Waals surface area contributed by atoms with Gasteiger partial charge in [-0.25, -0.2) is 0 Å². The van der Waals surface area contributed by atoms with Gasteiger partial charge in [-0.15, -0.1) is 0 Å². The first kappa shape index (κ1) is 13.7. The Morgan fingerprint density at radius 1 is 1.14 bits per heavy atom. The fourth-order valence-electron chi connectivity index (χ4n) is 3.01. The van der Waals surface area contributed by atoms with E-state index in [9.17, 15) is 4.79 Å². The second-order valence-corrected chi connectivity index (χ2v) is 5.47. The summed E-state index contributed by atoms with van der Waals surface area (Å²) in [6.45, 7) is 5.44. The third-order valence-electron chi connectivity index (χ3n) is 4.13. The summed E-state index contributed by atoms with van der Waals surface area (Å²) >= 11 is 0. The Bertz CT molecular complexity index is 652. The summed E-state index contributed by atoms with van der Waals surface area (Å²) < 4.78 is 0. The van der Waals surface area contributed by atoms with Crippen molar-refractivity contribution in [2.75, 3.05) is 18.0 Å². The Hall–Kier alpha value is -2.29. The molecule has 0 aromatic heterocycles. The van der Waals surface area contributed by atoms with Crippen molar-refractivity contribution >= 4 is 22.4 Å². The minimum atomic E-state index is -0.0707. The van der Waals surface area contributed by atoms with E-state index < -0.39 is 0 Å². The van der Waals surface area contributed by atoms with E-state index in [1.807, 2.05) is 0 Å². The van der Waals surface area contributed by atoms with E-state index in [0.717, 1.165) is 25.9 Å². The van der Waals surface area contributed by atoms with E-state index in [1.165, 1.54) is 22.5 Å². The summed E-state index contributed by atoms with van der Waals surface area (Å²) in [5.41, 5.74) is 1.29. The van der Waals surface area contributed by atoms with Gasteiger partial charge in [-0.3, -0.25) is 4.79 Å². The molecule has 108 valence electrons. The highest BCUT2D eigenvalue weighted by molar-refractivity contribution is 5.94. The van der Waals surface area contributed by atoms with E-state index in [4.69, 9.17) is 0 Å². The maximum Gasteiger partial charge on any atom is 0.243 e. The van der Waals surface area contributed by atoms with Crippen LogP contribution in [0.1, 0.15) is 12.8 Å². The molecule has 2 aromatic carbocycles. The lowest BCUT2D eigenvalue weighted by Crippen LogP contribution is -2.44. The van der Waals surface area contributed by atoms with Crippen LogP contribution in [0, 0.1) is 0 Å². The average molecular weight is 280 g/mol. The topological polar surface area (TPSA) is 32.3 Å². The molecule has 1 aliphatic heterocycles. The third-order valence-corrected chi connectivity index (χ3v) is 4.13. The first-order valence-electron chi connectivity index (χ1n) is 7.43. The van der Waals surface area contributed by atoms with Gasteiger partial charge < -0.3 is 10.2 Å². The van der Waals surface area contributed by atoms with Gasteiger partial charge in [-0.05, 0) is 30.4 Å². The first-order valence-corrected chi connectivity index (χ1v) is 7.43. The van der Waals surface area contributed by atoms with E-state index in [0.29, 0.717) is 0 Å². The van der Waals surface area contributed by atoms with Crippen molar-refractivity contribution in [2.45, 2.75) is 18.9 Å². The van der Waals surface area contributed by atoms with Crippen LogP contribution in [0.5, 0.6) is 0 Å². The highest BCUT2D eigenvalue weighted by Crippen LogP contribution is 2.28. The van der Waals surface area contributed by atoms with E-state index in [1.54, 1.807) is 0 Å². The summed E-state index contributed by atoms with van der Waals surface area (Å²) in [5.74, 6) is -0.0707. The molecule has 0 saturated carbocycles. The van der Waals surface area contributed by atoms with Gasteiger partial charge >= 0.3 is 0 Å². The second kappa shape index (κ2) is 6.00. The molecule has 1 aliphatic rings. The van der Waals surface area contributed by atoms with Crippen molar-refractivity contribution in [1.29, 1.82) is 0 Å². The largest absolute Gasteiger partial charge is 0.371 e. The SMILES string of the molecule is C=CC(=O)NC1CCN(c2cccc3ccccc23)CC1. The van der Waals surface area contributed by atoms with Gasteiger partial charge in [0.2, 0.25) is 5.91 Å². The molecule has 0 atom stereocenters. The number of nitrogens with zero attached hydrogens (tertiary/aromatic N) is 1. The fraction of sp³-hybridized carbons (Fsp3) is 0.278. The first-order chi connectivity index (χ1) is 10.3. The number of amides is 1. The highest BCUT2D eigenvalue weighted by Gasteiger charge is 2.21. The predicted molar refractivity (Wildman–Crippen MR) is 87.5 cm³/mol. The third kappa shape index (κ3) is 2.92. The van der Waals surface area contributed by atoms with Crippen LogP contribution < -0.4 is 10.2 Å². The van der Waals surface area contributed by atoms with Crippen molar-refractivity contribution in [1.82, 2.24) is 5.32 Å². The Labute approximate surface area is 125 Å². The molecule has 1 saturated heterocycles. The van der Waals surface area contributed by atoms with Crippen LogP contribution in [0.25, 0.3) is 10.8 Å². The van der Waals surface area contributed by atoms with E-state index in [-0.39, 0.29) is 11.9 Å². The van der Waals surface area contributed by atoms with Crippen molar-refractivity contribution < 1.29 is 4.79 Å². The summed E-state index contributed by atoms with van der Waals surface area (Å²) in [7, 11) is 0. The number of nitrogens with one attached hydrogen (secondary N) is 1. The molecule has 0 bridgehead atoms. The van der Waals surface area contributed by atoms with E-state index in [2.05, 4.69) is 59.3 Å². The van der Waals surface area contributed by atoms with Crippen molar-refractivity contribution in [2.24, 2.45) is 0 Å². The summed E-state index contributed by atoms with van der Waals surface area (Å²) in [6, 6.07) is 15.2. The smallest absolute Gasteiger partial charge is 0.243 e. The Balaban J connectivity index is 1.74. The number of hydrogen-bond acceptors (Lipinski definition) is 2. The van der Waals surface area contributed by atoms with Crippen LogP contribution in [0.4, 0.5) is 5.69 Å². The lowest BCUT2D eigenvalue weighted by Gasteiger charge is -2.34. The molecule has 3 rings (SSSR count). The number of carbonyl (C=O) groups excluding carboxylic acids is 1. The van der Waals surface area contributed by atoms with E-state index >= 15 is 0 Å². The van der Waals surface area contributed by atoms with Gasteiger partial charge in [-0.1, -0.05) is 43.0 Å². The number of benzene rings is 2. The Kier molecular flexibility index (Phi) is 3.91. The van der Waals surface area contributed by atoms with Crippen LogP contribution in [-0.2, 0) is 4.79 Å². The standard InChI is InChI=1S/C18H20N2O/c1-2-18(21)19-15-10-12-20(13-11-15)17-9-5-7-14-6-3-4-8-16(14)17/h2-9,15H,1,10-13H2,(H,19,21). The summed E-state index contributed by atoms with van der Waals surface area (Å²) in [4.78, 5) is 13.8. The van der Waals surface area contributed by atoms with Crippen molar-refractivity contribution in [3.05, 3.63) is 55.1 Å². The monoisotopic (exact) mass is 280 g/mol. The molecule has 0 spiro atoms. The maximum atomic E-state index is 11.4. The van der Waals surface area contributed by atoms with Crippen molar-refractivity contribution in [3.8, 4) is 0 Å². The molecule has 2 aromatic rings. The number of rotatable bonds is 3. The Morgan fingerprint density at radius 3 is 2.62 bits per heavy atom. The quantitative estimate of drug-likeness (QED) is 0.876. The lowest BCUT2D eigenvalue weighted by atomic mass is 10.0. The molecule has 3 nitrogen and oxygen atoms in total. The molecule has 1 fully saturated rings. The van der Waals surface area contributed by atoms with Gasteiger partial charge in [-0.2, -0.15) is 0 Å². The van der Waals surface area contributed by atoms with Crippen molar-refractivity contribution in [3.63, 3.8) is 0 Å². The fourth-order valence-corrected chi connectivity index (χ4v) is 3.01. The number of fused-ring (bicyclic) bond motifs is 1. The maximum absolute atomic E-state index is 11.4. The van der Waals surface area contributed by atoms with Crippen LogP contribution in [0.2, 0.25) is 0 Å². The average Bonchev–Trinajstić information content (AvgIpc) is 2.55. The lowest BCUT2D eigenvalue weighted by molar-refractivity contribution is -0.117. The molecule has 0 radical (unpaired) electrons. The molecule has 1 N–H and O–H groups in total. The second-order valence-electron chi connectivity index (χ2n) is 5.47. The van der Waals surface area contributed by atoms with Gasteiger partial charge in [0.1, 0.15) is 0 Å². The zero-order chi connectivity index (χ0) is 14.7. The molecule has 21 heavy (non-hydrogen) atoms. The van der Waals surface area contributed by atoms with Gasteiger partial charge in [0.05, 0.1) is 0 Å². The minimum Gasteiger partial charge on any atom is -0.371 e. The Morgan fingerprint density at radius 2 is 1.86 bits per heavy atom. The molecular weight excluding hydrogens is 260 g/mol. The molecule has 0 aliphatic carbocycles. The number of anilines is 1. The molecular formula is C18H20N2O. The molecule has 1 amide bonds. The van der Waals surface area contributed by atoms with Gasteiger partial charge in [0.15, 0.2) is 0 Å². The summed E-state index contributed by atoms with van der Waals surface area (Å²) in [5, 5.41) is 5.57. The minimum absolute atomic E-state index is 0.0707. The number of carbonyl (C=O) groups is 1.